The number of pyridine rings is 1. The van der Waals surface area contributed by atoms with E-state index in [1.165, 1.54) is 42.6 Å². The number of hydrogen-bond acceptors (Lipinski definition) is 5. The number of carboxylic acids is 1. The number of halogens is 1. The summed E-state index contributed by atoms with van der Waals surface area (Å²) >= 11 is 0. The van der Waals surface area contributed by atoms with Gasteiger partial charge in [-0.05, 0) is 65.2 Å². The van der Waals surface area contributed by atoms with Crippen LogP contribution in [-0.4, -0.2) is 22.0 Å². The molecule has 0 aliphatic carbocycles. The van der Waals surface area contributed by atoms with E-state index in [1.807, 2.05) is 6.07 Å². The van der Waals surface area contributed by atoms with Crippen molar-refractivity contribution in [2.45, 2.75) is 6.54 Å². The van der Waals surface area contributed by atoms with Gasteiger partial charge in [0.05, 0.1) is 17.2 Å². The molecule has 0 saturated carbocycles. The molecule has 35 heavy (non-hydrogen) atoms. The van der Waals surface area contributed by atoms with Gasteiger partial charge >= 0.3 is 5.97 Å². The highest BCUT2D eigenvalue weighted by atomic mass is 19.1. The molecule has 2 N–H and O–H groups in total. The van der Waals surface area contributed by atoms with E-state index in [1.54, 1.807) is 42.5 Å². The third-order valence-electron chi connectivity index (χ3n) is 5.16. The number of carboxylic acid groups (broad SMARTS) is 1. The summed E-state index contributed by atoms with van der Waals surface area (Å²) in [6.45, 7) is -0.134. The summed E-state index contributed by atoms with van der Waals surface area (Å²) in [5, 5.41) is 21.5. The van der Waals surface area contributed by atoms with Crippen molar-refractivity contribution < 1.29 is 23.8 Å². The smallest absolute Gasteiger partial charge is 0.336 e. The van der Waals surface area contributed by atoms with E-state index >= 15 is 0 Å². The largest absolute Gasteiger partial charge is 0.478 e. The molecule has 0 radical (unpaired) electrons. The minimum atomic E-state index is -1.17. The fraction of sp³-hybridized carbons (Fsp3) is 0.0370. The van der Waals surface area contributed by atoms with E-state index in [4.69, 9.17) is 10.00 Å². The molecule has 1 amide bonds. The Morgan fingerprint density at radius 2 is 1.77 bits per heavy atom. The van der Waals surface area contributed by atoms with Crippen LogP contribution in [0.25, 0.3) is 11.1 Å². The van der Waals surface area contributed by atoms with Crippen LogP contribution >= 0.6 is 0 Å². The highest BCUT2D eigenvalue weighted by Crippen LogP contribution is 2.28. The van der Waals surface area contributed by atoms with Gasteiger partial charge in [-0.1, -0.05) is 30.3 Å². The number of nitrogens with one attached hydrogen (secondary N) is 1. The highest BCUT2D eigenvalue weighted by molar-refractivity contribution is 5.97. The number of carbonyl (C=O) groups excluding carboxylic acids is 1. The Morgan fingerprint density at radius 3 is 2.54 bits per heavy atom. The molecule has 4 rings (SSSR count). The Labute approximate surface area is 200 Å². The molecule has 3 aromatic carbocycles. The van der Waals surface area contributed by atoms with Crippen LogP contribution in [-0.2, 0) is 6.54 Å². The average Bonchev–Trinajstić information content (AvgIpc) is 2.87. The summed E-state index contributed by atoms with van der Waals surface area (Å²) in [7, 11) is 0. The summed E-state index contributed by atoms with van der Waals surface area (Å²) in [5.41, 5.74) is 1.80. The standard InChI is InChI=1S/C27H18FN3O4/c28-19-7-2-6-18(14-19)21-9-3-10-22(27(33)34)24(21)16-31-25(32)23-11-4-12-30-26(23)35-20-8-1-5-17(13-20)15-29/h1-14H,16H2,(H,31,32)(H,33,34). The van der Waals surface area contributed by atoms with E-state index in [2.05, 4.69) is 10.3 Å². The maximum atomic E-state index is 13.8. The van der Waals surface area contributed by atoms with Crippen molar-refractivity contribution in [2.75, 3.05) is 0 Å². The summed E-state index contributed by atoms with van der Waals surface area (Å²) in [6, 6.07) is 22.0. The van der Waals surface area contributed by atoms with E-state index in [0.717, 1.165) is 0 Å². The third kappa shape index (κ3) is 5.31. The van der Waals surface area contributed by atoms with E-state index < -0.39 is 17.7 Å². The quantitative estimate of drug-likeness (QED) is 0.387. The van der Waals surface area contributed by atoms with Crippen LogP contribution in [0.3, 0.4) is 0 Å². The lowest BCUT2D eigenvalue weighted by molar-refractivity contribution is 0.0694. The molecule has 0 atom stereocenters. The van der Waals surface area contributed by atoms with Crippen molar-refractivity contribution in [3.63, 3.8) is 0 Å². The van der Waals surface area contributed by atoms with Crippen molar-refractivity contribution in [3.8, 4) is 28.8 Å². The lowest BCUT2D eigenvalue weighted by Gasteiger charge is -2.15. The van der Waals surface area contributed by atoms with Crippen LogP contribution < -0.4 is 10.1 Å². The first kappa shape index (κ1) is 23.1. The molecule has 4 aromatic rings. The monoisotopic (exact) mass is 467 g/mol. The number of amides is 1. The van der Waals surface area contributed by atoms with Gasteiger partial charge in [-0.25, -0.2) is 14.2 Å². The molecule has 1 heterocycles. The molecule has 172 valence electrons. The number of hydrogen-bond donors (Lipinski definition) is 2. The van der Waals surface area contributed by atoms with Crippen LogP contribution in [0.5, 0.6) is 11.6 Å². The van der Waals surface area contributed by atoms with Crippen molar-refractivity contribution >= 4 is 11.9 Å². The van der Waals surface area contributed by atoms with E-state index in [-0.39, 0.29) is 23.6 Å². The number of ether oxygens (including phenoxy) is 1. The van der Waals surface area contributed by atoms with Crippen LogP contribution in [0, 0.1) is 17.1 Å². The second-order valence-corrected chi connectivity index (χ2v) is 7.43. The Hall–Kier alpha value is -5.03. The maximum absolute atomic E-state index is 13.8. The lowest BCUT2D eigenvalue weighted by atomic mass is 9.95. The minimum Gasteiger partial charge on any atom is -0.478 e. The van der Waals surface area contributed by atoms with Gasteiger partial charge in [-0.15, -0.1) is 0 Å². The van der Waals surface area contributed by atoms with Gasteiger partial charge in [0.2, 0.25) is 5.88 Å². The zero-order chi connectivity index (χ0) is 24.8. The summed E-state index contributed by atoms with van der Waals surface area (Å²) in [4.78, 5) is 29.0. The second-order valence-electron chi connectivity index (χ2n) is 7.43. The molecule has 1 aromatic heterocycles. The normalized spacial score (nSPS) is 10.3. The highest BCUT2D eigenvalue weighted by Gasteiger charge is 2.19. The van der Waals surface area contributed by atoms with Gasteiger partial charge in [0.25, 0.3) is 5.91 Å². The van der Waals surface area contributed by atoms with Gasteiger partial charge in [-0.3, -0.25) is 4.79 Å². The zero-order valence-electron chi connectivity index (χ0n) is 18.2. The number of aromatic carboxylic acids is 1. The minimum absolute atomic E-state index is 0.0111. The number of nitriles is 1. The Balaban J connectivity index is 1.62. The van der Waals surface area contributed by atoms with Crippen LogP contribution in [0.15, 0.2) is 85.1 Å². The number of nitrogens with zero attached hydrogens (tertiary/aromatic N) is 2. The molecular weight excluding hydrogens is 449 g/mol. The first-order valence-electron chi connectivity index (χ1n) is 10.5. The zero-order valence-corrected chi connectivity index (χ0v) is 18.2. The molecule has 0 fully saturated rings. The number of rotatable bonds is 7. The lowest BCUT2D eigenvalue weighted by Crippen LogP contribution is -2.25. The van der Waals surface area contributed by atoms with Gasteiger partial charge in [0.15, 0.2) is 0 Å². The summed E-state index contributed by atoms with van der Waals surface area (Å²) in [5.74, 6) is -1.82. The molecule has 0 saturated heterocycles. The maximum Gasteiger partial charge on any atom is 0.336 e. The van der Waals surface area contributed by atoms with Crippen LogP contribution in [0.4, 0.5) is 4.39 Å². The van der Waals surface area contributed by atoms with Gasteiger partial charge in [0.1, 0.15) is 17.1 Å². The third-order valence-corrected chi connectivity index (χ3v) is 5.16. The molecule has 8 heteroatoms. The molecule has 0 unspecified atom stereocenters. The van der Waals surface area contributed by atoms with E-state index in [0.29, 0.717) is 28.0 Å². The van der Waals surface area contributed by atoms with Gasteiger partial charge in [-0.2, -0.15) is 5.26 Å². The van der Waals surface area contributed by atoms with Crippen molar-refractivity contribution in [2.24, 2.45) is 0 Å². The van der Waals surface area contributed by atoms with Crippen molar-refractivity contribution in [3.05, 3.63) is 113 Å². The first-order chi connectivity index (χ1) is 17.0. The topological polar surface area (TPSA) is 112 Å². The summed E-state index contributed by atoms with van der Waals surface area (Å²) < 4.78 is 19.6. The SMILES string of the molecule is N#Cc1cccc(Oc2ncccc2C(=O)NCc2c(C(=O)O)cccc2-c2cccc(F)c2)c1. The van der Waals surface area contributed by atoms with E-state index in [9.17, 15) is 19.1 Å². The van der Waals surface area contributed by atoms with Crippen molar-refractivity contribution in [1.82, 2.24) is 10.3 Å². The fourth-order valence-corrected chi connectivity index (χ4v) is 3.55. The Morgan fingerprint density at radius 1 is 1.00 bits per heavy atom. The number of benzene rings is 3. The average molecular weight is 467 g/mol. The Bertz CT molecular complexity index is 1460. The number of aromatic nitrogens is 1. The number of carbonyl (C=O) groups is 2. The van der Waals surface area contributed by atoms with Crippen molar-refractivity contribution in [1.29, 1.82) is 5.26 Å². The molecule has 7 nitrogen and oxygen atoms in total. The molecule has 0 aliphatic rings. The predicted molar refractivity (Wildman–Crippen MR) is 125 cm³/mol. The predicted octanol–water partition coefficient (Wildman–Crippen LogP) is 5.18. The summed E-state index contributed by atoms with van der Waals surface area (Å²) in [6.07, 6.45) is 1.46. The Kier molecular flexibility index (Phi) is 6.79. The van der Waals surface area contributed by atoms with Gasteiger partial charge in [0, 0.05) is 12.7 Å². The molecule has 0 aliphatic heterocycles. The molecular formula is C27H18FN3O4. The molecule has 0 bridgehead atoms. The second kappa shape index (κ2) is 10.3. The molecule has 0 spiro atoms. The van der Waals surface area contributed by atoms with Crippen LogP contribution in [0.2, 0.25) is 0 Å². The fourth-order valence-electron chi connectivity index (χ4n) is 3.55. The van der Waals surface area contributed by atoms with Crippen LogP contribution in [0.1, 0.15) is 31.8 Å². The first-order valence-corrected chi connectivity index (χ1v) is 10.5. The van der Waals surface area contributed by atoms with Gasteiger partial charge < -0.3 is 15.2 Å².